The lowest BCUT2D eigenvalue weighted by atomic mass is 10.2. The number of nitrogens with one attached hydrogen (secondary N) is 1. The highest BCUT2D eigenvalue weighted by molar-refractivity contribution is 5.35. The Labute approximate surface area is 95.4 Å². The van der Waals surface area contributed by atoms with E-state index in [0.29, 0.717) is 6.07 Å². The smallest absolute Gasteiger partial charge is 0.399 e. The summed E-state index contributed by atoms with van der Waals surface area (Å²) in [6, 6.07) is 0.294. The molecule has 0 amide bonds. The predicted molar refractivity (Wildman–Crippen MR) is 46.6 cm³/mol. The van der Waals surface area contributed by atoms with Gasteiger partial charge in [-0.3, -0.25) is 4.79 Å². The number of rotatable bonds is 2. The Hall–Kier alpha value is -1.71. The number of hydrogen-bond donors (Lipinski definition) is 2. The van der Waals surface area contributed by atoms with Gasteiger partial charge in [-0.05, 0) is 6.07 Å². The zero-order chi connectivity index (χ0) is 14.1. The summed E-state index contributed by atoms with van der Waals surface area (Å²) in [4.78, 5) is 12.9. The van der Waals surface area contributed by atoms with Crippen LogP contribution in [0.3, 0.4) is 0 Å². The Morgan fingerprint density at radius 2 is 1.78 bits per heavy atom. The molecule has 0 aliphatic carbocycles. The molecule has 0 aliphatic heterocycles. The molecular weight excluding hydrogens is 270 g/mol. The van der Waals surface area contributed by atoms with Gasteiger partial charge in [0.05, 0.1) is 0 Å². The van der Waals surface area contributed by atoms with Gasteiger partial charge in [0.25, 0.3) is 5.56 Å². The topological polar surface area (TPSA) is 68.1 Å². The number of halogens is 6. The molecule has 0 radical (unpaired) electrons. The van der Waals surface area contributed by atoms with Crippen molar-refractivity contribution in [1.82, 2.24) is 4.98 Å². The van der Waals surface area contributed by atoms with Gasteiger partial charge in [-0.2, -0.15) is 13.2 Å². The van der Waals surface area contributed by atoms with E-state index in [2.05, 4.69) is 4.74 Å². The molecule has 0 fully saturated rings. The molecule has 1 aromatic rings. The Morgan fingerprint density at radius 1 is 1.22 bits per heavy atom. The quantitative estimate of drug-likeness (QED) is 0.808. The third-order valence-corrected chi connectivity index (χ3v) is 1.79. The van der Waals surface area contributed by atoms with E-state index in [4.69, 9.17) is 5.73 Å². The Balaban J connectivity index is 3.44. The minimum absolute atomic E-state index is 0.294. The molecule has 18 heavy (non-hydrogen) atoms. The third kappa shape index (κ3) is 3.39. The molecule has 0 atom stereocenters. The maximum atomic E-state index is 12.5. The van der Waals surface area contributed by atoms with Crippen LogP contribution in [-0.2, 0) is 12.7 Å². The maximum Gasteiger partial charge on any atom is 0.573 e. The van der Waals surface area contributed by atoms with Crippen molar-refractivity contribution in [2.24, 2.45) is 5.73 Å². The van der Waals surface area contributed by atoms with Crippen molar-refractivity contribution in [2.45, 2.75) is 19.1 Å². The lowest BCUT2D eigenvalue weighted by Crippen LogP contribution is -2.27. The van der Waals surface area contributed by atoms with Crippen LogP contribution >= 0.6 is 0 Å². The van der Waals surface area contributed by atoms with Crippen LogP contribution in [0.2, 0.25) is 0 Å². The molecule has 102 valence electrons. The minimum atomic E-state index is -5.41. The second kappa shape index (κ2) is 4.52. The molecule has 1 aromatic heterocycles. The number of alkyl halides is 6. The summed E-state index contributed by atoms with van der Waals surface area (Å²) in [5.41, 5.74) is 1.17. The minimum Gasteiger partial charge on any atom is -0.399 e. The summed E-state index contributed by atoms with van der Waals surface area (Å²) < 4.78 is 76.2. The molecule has 0 aliphatic rings. The van der Waals surface area contributed by atoms with Crippen molar-refractivity contribution in [3.05, 3.63) is 27.7 Å². The van der Waals surface area contributed by atoms with Gasteiger partial charge in [0.15, 0.2) is 0 Å². The van der Waals surface area contributed by atoms with E-state index < -0.39 is 36.0 Å². The highest BCUT2D eigenvalue weighted by Crippen LogP contribution is 2.36. The van der Waals surface area contributed by atoms with Crippen LogP contribution in [0, 0.1) is 0 Å². The Bertz CT molecular complexity index is 490. The standard InChI is InChI=1S/C8H6F6N2O2/c9-7(10,11)4-1-3(2-15)16-6(17)5(4)18-8(12,13)14/h1H,2,15H2,(H,16,17). The highest BCUT2D eigenvalue weighted by Gasteiger charge is 2.41. The Kier molecular flexibility index (Phi) is 3.60. The highest BCUT2D eigenvalue weighted by atomic mass is 19.4. The largest absolute Gasteiger partial charge is 0.573 e. The SMILES string of the molecule is NCc1cc(C(F)(F)F)c(OC(F)(F)F)c(=O)[nH]1. The molecule has 0 aromatic carbocycles. The van der Waals surface area contributed by atoms with Crippen LogP contribution in [0.4, 0.5) is 26.3 Å². The van der Waals surface area contributed by atoms with Crippen LogP contribution in [0.25, 0.3) is 0 Å². The monoisotopic (exact) mass is 276 g/mol. The van der Waals surface area contributed by atoms with Crippen molar-refractivity contribution in [1.29, 1.82) is 0 Å². The van der Waals surface area contributed by atoms with Crippen molar-refractivity contribution >= 4 is 0 Å². The fourth-order valence-electron chi connectivity index (χ4n) is 1.14. The summed E-state index contributed by atoms with van der Waals surface area (Å²) in [5, 5.41) is 0. The fourth-order valence-corrected chi connectivity index (χ4v) is 1.14. The van der Waals surface area contributed by atoms with Crippen molar-refractivity contribution in [3.8, 4) is 5.75 Å². The molecule has 1 rings (SSSR count). The van der Waals surface area contributed by atoms with E-state index in [9.17, 15) is 31.1 Å². The second-order valence-electron chi connectivity index (χ2n) is 3.12. The zero-order valence-corrected chi connectivity index (χ0v) is 8.45. The summed E-state index contributed by atoms with van der Waals surface area (Å²) >= 11 is 0. The van der Waals surface area contributed by atoms with Gasteiger partial charge in [0.2, 0.25) is 5.75 Å². The predicted octanol–water partition coefficient (Wildman–Crippen LogP) is 1.75. The van der Waals surface area contributed by atoms with E-state index in [1.807, 2.05) is 0 Å². The number of pyridine rings is 1. The van der Waals surface area contributed by atoms with Gasteiger partial charge < -0.3 is 15.5 Å². The van der Waals surface area contributed by atoms with Crippen LogP contribution in [0.1, 0.15) is 11.3 Å². The molecule has 0 spiro atoms. The first-order chi connectivity index (χ1) is 8.04. The molecule has 3 N–H and O–H groups in total. The number of aromatic nitrogens is 1. The first kappa shape index (κ1) is 14.4. The van der Waals surface area contributed by atoms with E-state index in [1.165, 1.54) is 0 Å². The van der Waals surface area contributed by atoms with E-state index in [1.54, 1.807) is 4.98 Å². The number of hydrogen-bond acceptors (Lipinski definition) is 3. The van der Waals surface area contributed by atoms with Gasteiger partial charge in [-0.15, -0.1) is 13.2 Å². The molecule has 10 heteroatoms. The van der Waals surface area contributed by atoms with E-state index >= 15 is 0 Å². The lowest BCUT2D eigenvalue weighted by molar-refractivity contribution is -0.276. The summed E-state index contributed by atoms with van der Waals surface area (Å²) in [6.07, 6.45) is -10.6. The molecule has 0 bridgehead atoms. The molecular formula is C8H6F6N2O2. The van der Waals surface area contributed by atoms with E-state index in [0.717, 1.165) is 0 Å². The van der Waals surface area contributed by atoms with Gasteiger partial charge in [0.1, 0.15) is 5.56 Å². The van der Waals surface area contributed by atoms with Crippen LogP contribution < -0.4 is 16.0 Å². The number of H-pyrrole nitrogens is 1. The number of nitrogens with two attached hydrogens (primary N) is 1. The van der Waals surface area contributed by atoms with Gasteiger partial charge in [0, 0.05) is 12.2 Å². The average Bonchev–Trinajstić information content (AvgIpc) is 2.17. The molecule has 0 saturated heterocycles. The lowest BCUT2D eigenvalue weighted by Gasteiger charge is -2.15. The maximum absolute atomic E-state index is 12.5. The zero-order valence-electron chi connectivity index (χ0n) is 8.45. The van der Waals surface area contributed by atoms with Crippen molar-refractivity contribution in [3.63, 3.8) is 0 Å². The summed E-state index contributed by atoms with van der Waals surface area (Å²) in [5.74, 6) is -1.85. The average molecular weight is 276 g/mol. The van der Waals surface area contributed by atoms with Gasteiger partial charge in [-0.1, -0.05) is 0 Å². The van der Waals surface area contributed by atoms with Crippen molar-refractivity contribution < 1.29 is 31.1 Å². The van der Waals surface area contributed by atoms with Gasteiger partial charge in [-0.25, -0.2) is 0 Å². The van der Waals surface area contributed by atoms with Crippen LogP contribution in [0.15, 0.2) is 10.9 Å². The Morgan fingerprint density at radius 3 is 2.17 bits per heavy atom. The van der Waals surface area contributed by atoms with Gasteiger partial charge >= 0.3 is 12.5 Å². The summed E-state index contributed by atoms with van der Waals surface area (Å²) in [6.45, 7) is -0.468. The number of ether oxygens (including phenoxy) is 1. The first-order valence-electron chi connectivity index (χ1n) is 4.34. The fraction of sp³-hybridized carbons (Fsp3) is 0.375. The molecule has 0 saturated carbocycles. The van der Waals surface area contributed by atoms with E-state index in [-0.39, 0.29) is 5.69 Å². The van der Waals surface area contributed by atoms with Crippen molar-refractivity contribution in [2.75, 3.05) is 0 Å². The third-order valence-electron chi connectivity index (χ3n) is 1.79. The second-order valence-corrected chi connectivity index (χ2v) is 3.12. The van der Waals surface area contributed by atoms with Crippen LogP contribution in [-0.4, -0.2) is 11.3 Å². The molecule has 4 nitrogen and oxygen atoms in total. The normalized spacial score (nSPS) is 12.6. The first-order valence-corrected chi connectivity index (χ1v) is 4.34. The summed E-state index contributed by atoms with van der Waals surface area (Å²) in [7, 11) is 0. The molecule has 0 unspecified atom stereocenters. The molecule has 1 heterocycles. The number of aromatic amines is 1. The van der Waals surface area contributed by atoms with Crippen LogP contribution in [0.5, 0.6) is 5.75 Å².